The van der Waals surface area contributed by atoms with Crippen molar-refractivity contribution in [2.45, 2.75) is 40.3 Å². The molecule has 1 aromatic carbocycles. The van der Waals surface area contributed by atoms with E-state index in [4.69, 9.17) is 0 Å². The summed E-state index contributed by atoms with van der Waals surface area (Å²) in [6, 6.07) is 9.65. The van der Waals surface area contributed by atoms with Crippen molar-refractivity contribution in [1.29, 1.82) is 0 Å². The van der Waals surface area contributed by atoms with Gasteiger partial charge in [0, 0.05) is 28.9 Å². The standard InChI is InChI=1S/C19H23N5OS/c1-12-11-26-18(21-12)14(3)22-19(25)20-10-17-13(2)23-24(15(17)4)16-8-6-5-7-9-16/h5-9,11,14H,10H2,1-4H3,(H2,20,22,25). The Balaban J connectivity index is 1.64. The molecule has 7 heteroatoms. The van der Waals surface area contributed by atoms with Crippen LogP contribution in [-0.2, 0) is 6.54 Å². The smallest absolute Gasteiger partial charge is 0.315 e. The largest absolute Gasteiger partial charge is 0.334 e. The van der Waals surface area contributed by atoms with Crippen LogP contribution in [0.3, 0.4) is 0 Å². The Morgan fingerprint density at radius 1 is 1.23 bits per heavy atom. The molecule has 2 amide bonds. The summed E-state index contributed by atoms with van der Waals surface area (Å²) in [5.74, 6) is 0. The quantitative estimate of drug-likeness (QED) is 0.718. The molecule has 0 saturated heterocycles. The number of nitrogens with one attached hydrogen (secondary N) is 2. The third-order valence-corrected chi connectivity index (χ3v) is 5.37. The monoisotopic (exact) mass is 369 g/mol. The normalized spacial score (nSPS) is 12.0. The topological polar surface area (TPSA) is 71.8 Å². The number of benzene rings is 1. The summed E-state index contributed by atoms with van der Waals surface area (Å²) in [4.78, 5) is 16.6. The van der Waals surface area contributed by atoms with E-state index in [-0.39, 0.29) is 12.1 Å². The summed E-state index contributed by atoms with van der Waals surface area (Å²) < 4.78 is 1.91. The van der Waals surface area contributed by atoms with Gasteiger partial charge in [-0.3, -0.25) is 0 Å². The van der Waals surface area contributed by atoms with Gasteiger partial charge in [0.05, 0.1) is 17.4 Å². The van der Waals surface area contributed by atoms with Crippen LogP contribution in [0.2, 0.25) is 0 Å². The molecule has 0 fully saturated rings. The average Bonchev–Trinajstić information content (AvgIpc) is 3.18. The van der Waals surface area contributed by atoms with Crippen LogP contribution in [0, 0.1) is 20.8 Å². The van der Waals surface area contributed by atoms with Gasteiger partial charge in [-0.1, -0.05) is 18.2 Å². The molecule has 0 radical (unpaired) electrons. The van der Waals surface area contributed by atoms with E-state index in [1.807, 2.05) is 68.1 Å². The van der Waals surface area contributed by atoms with Crippen LogP contribution in [-0.4, -0.2) is 20.8 Å². The van der Waals surface area contributed by atoms with E-state index in [1.165, 1.54) is 0 Å². The molecular weight excluding hydrogens is 346 g/mol. The average molecular weight is 369 g/mol. The van der Waals surface area contributed by atoms with Gasteiger partial charge in [0.2, 0.25) is 0 Å². The first-order chi connectivity index (χ1) is 12.5. The van der Waals surface area contributed by atoms with E-state index in [9.17, 15) is 4.79 Å². The molecule has 0 spiro atoms. The summed E-state index contributed by atoms with van der Waals surface area (Å²) in [5, 5.41) is 13.3. The van der Waals surface area contributed by atoms with Gasteiger partial charge in [0.25, 0.3) is 0 Å². The zero-order valence-electron chi connectivity index (χ0n) is 15.4. The van der Waals surface area contributed by atoms with Crippen molar-refractivity contribution < 1.29 is 4.79 Å². The summed E-state index contributed by atoms with van der Waals surface area (Å²) in [5.41, 5.74) is 4.95. The maximum Gasteiger partial charge on any atom is 0.315 e. The van der Waals surface area contributed by atoms with Gasteiger partial charge in [0.15, 0.2) is 0 Å². The Kier molecular flexibility index (Phi) is 5.37. The van der Waals surface area contributed by atoms with Crippen LogP contribution >= 0.6 is 11.3 Å². The Morgan fingerprint density at radius 3 is 2.62 bits per heavy atom. The van der Waals surface area contributed by atoms with E-state index >= 15 is 0 Å². The number of urea groups is 1. The van der Waals surface area contributed by atoms with Gasteiger partial charge in [0.1, 0.15) is 5.01 Å². The highest BCUT2D eigenvalue weighted by Gasteiger charge is 2.15. The molecule has 3 aromatic rings. The third kappa shape index (κ3) is 3.94. The molecule has 1 atom stereocenters. The van der Waals surface area contributed by atoms with Crippen molar-refractivity contribution in [3.05, 3.63) is 63.4 Å². The molecule has 26 heavy (non-hydrogen) atoms. The predicted molar refractivity (Wildman–Crippen MR) is 104 cm³/mol. The van der Waals surface area contributed by atoms with Crippen LogP contribution in [0.15, 0.2) is 35.7 Å². The molecule has 3 rings (SSSR count). The molecule has 0 aliphatic heterocycles. The second-order valence-corrected chi connectivity index (χ2v) is 7.16. The first-order valence-electron chi connectivity index (χ1n) is 8.52. The molecule has 0 bridgehead atoms. The van der Waals surface area contributed by atoms with Crippen molar-refractivity contribution >= 4 is 17.4 Å². The second-order valence-electron chi connectivity index (χ2n) is 6.27. The molecule has 0 saturated carbocycles. The highest BCUT2D eigenvalue weighted by Crippen LogP contribution is 2.19. The number of amides is 2. The lowest BCUT2D eigenvalue weighted by molar-refractivity contribution is 0.237. The van der Waals surface area contributed by atoms with Gasteiger partial charge >= 0.3 is 6.03 Å². The molecule has 0 aliphatic rings. The molecule has 0 aliphatic carbocycles. The van der Waals surface area contributed by atoms with Gasteiger partial charge < -0.3 is 10.6 Å². The van der Waals surface area contributed by atoms with Crippen LogP contribution < -0.4 is 10.6 Å². The Hall–Kier alpha value is -2.67. The molecule has 2 aromatic heterocycles. The zero-order chi connectivity index (χ0) is 18.7. The highest BCUT2D eigenvalue weighted by molar-refractivity contribution is 7.09. The number of rotatable bonds is 5. The fourth-order valence-corrected chi connectivity index (χ4v) is 3.60. The summed E-state index contributed by atoms with van der Waals surface area (Å²) in [6.45, 7) is 8.29. The number of aromatic nitrogens is 3. The van der Waals surface area contributed by atoms with E-state index in [2.05, 4.69) is 20.7 Å². The highest BCUT2D eigenvalue weighted by atomic mass is 32.1. The minimum absolute atomic E-state index is 0.122. The van der Waals surface area contributed by atoms with Crippen molar-refractivity contribution in [2.24, 2.45) is 0 Å². The molecule has 136 valence electrons. The number of para-hydroxylation sites is 1. The van der Waals surface area contributed by atoms with Crippen LogP contribution in [0.25, 0.3) is 5.69 Å². The number of aryl methyl sites for hydroxylation is 2. The second kappa shape index (κ2) is 7.70. The molecule has 1 unspecified atom stereocenters. The Bertz CT molecular complexity index is 900. The third-order valence-electron chi connectivity index (χ3n) is 4.22. The molecular formula is C19H23N5OS. The van der Waals surface area contributed by atoms with Crippen LogP contribution in [0.5, 0.6) is 0 Å². The first kappa shape index (κ1) is 18.1. The number of hydrogen-bond acceptors (Lipinski definition) is 4. The lowest BCUT2D eigenvalue weighted by atomic mass is 10.2. The molecule has 6 nitrogen and oxygen atoms in total. The number of thiazole rings is 1. The first-order valence-corrected chi connectivity index (χ1v) is 9.40. The van der Waals surface area contributed by atoms with Gasteiger partial charge in [-0.25, -0.2) is 14.5 Å². The minimum Gasteiger partial charge on any atom is -0.334 e. The number of nitrogens with zero attached hydrogens (tertiary/aromatic N) is 3. The van der Waals surface area contributed by atoms with Crippen molar-refractivity contribution in [1.82, 2.24) is 25.4 Å². The Labute approximate surface area is 157 Å². The summed E-state index contributed by atoms with van der Waals surface area (Å²) >= 11 is 1.55. The summed E-state index contributed by atoms with van der Waals surface area (Å²) in [7, 11) is 0. The minimum atomic E-state index is -0.211. The number of hydrogen-bond donors (Lipinski definition) is 2. The van der Waals surface area contributed by atoms with E-state index in [0.717, 1.165) is 33.3 Å². The summed E-state index contributed by atoms with van der Waals surface area (Å²) in [6.07, 6.45) is 0. The van der Waals surface area contributed by atoms with Crippen molar-refractivity contribution in [3.8, 4) is 5.69 Å². The van der Waals surface area contributed by atoms with Crippen molar-refractivity contribution in [3.63, 3.8) is 0 Å². The fourth-order valence-electron chi connectivity index (χ4n) is 2.80. The number of carbonyl (C=O) groups is 1. The maximum absolute atomic E-state index is 12.2. The zero-order valence-corrected chi connectivity index (χ0v) is 16.2. The molecule has 2 N–H and O–H groups in total. The number of carbonyl (C=O) groups excluding carboxylic acids is 1. The SMILES string of the molecule is Cc1csc(C(C)NC(=O)NCc2c(C)nn(-c3ccccc3)c2C)n1. The van der Waals surface area contributed by atoms with Gasteiger partial charge in [-0.15, -0.1) is 11.3 Å². The lowest BCUT2D eigenvalue weighted by Crippen LogP contribution is -2.36. The molecule has 2 heterocycles. The van der Waals surface area contributed by atoms with Crippen molar-refractivity contribution in [2.75, 3.05) is 0 Å². The lowest BCUT2D eigenvalue weighted by Gasteiger charge is -2.12. The van der Waals surface area contributed by atoms with E-state index < -0.39 is 0 Å². The van der Waals surface area contributed by atoms with E-state index in [0.29, 0.717) is 6.54 Å². The maximum atomic E-state index is 12.2. The van der Waals surface area contributed by atoms with Crippen LogP contribution in [0.4, 0.5) is 4.79 Å². The fraction of sp³-hybridized carbons (Fsp3) is 0.316. The van der Waals surface area contributed by atoms with Gasteiger partial charge in [-0.2, -0.15) is 5.10 Å². The van der Waals surface area contributed by atoms with Gasteiger partial charge in [-0.05, 0) is 39.8 Å². The van der Waals surface area contributed by atoms with E-state index in [1.54, 1.807) is 11.3 Å². The Morgan fingerprint density at radius 2 is 1.96 bits per heavy atom. The predicted octanol–water partition coefficient (Wildman–Crippen LogP) is 3.81. The van der Waals surface area contributed by atoms with Crippen LogP contribution in [0.1, 0.15) is 40.6 Å².